The molecular formula is C13H10N4OS. The van der Waals surface area contributed by atoms with Gasteiger partial charge in [0, 0.05) is 11.1 Å². The van der Waals surface area contributed by atoms with Crippen LogP contribution in [0, 0.1) is 0 Å². The summed E-state index contributed by atoms with van der Waals surface area (Å²) in [6.45, 7) is 0. The number of fused-ring (bicyclic) bond motifs is 2. The van der Waals surface area contributed by atoms with Gasteiger partial charge in [0.2, 0.25) is 5.91 Å². The van der Waals surface area contributed by atoms with Gasteiger partial charge in [0.15, 0.2) is 4.96 Å². The number of aromatic nitrogens is 2. The lowest BCUT2D eigenvalue weighted by molar-refractivity contribution is -0.115. The number of rotatable bonds is 1. The van der Waals surface area contributed by atoms with Gasteiger partial charge in [-0.25, -0.2) is 4.98 Å². The zero-order valence-corrected chi connectivity index (χ0v) is 10.7. The van der Waals surface area contributed by atoms with Crippen LogP contribution in [-0.4, -0.2) is 15.3 Å². The number of benzene rings is 1. The van der Waals surface area contributed by atoms with E-state index >= 15 is 0 Å². The molecule has 0 unspecified atom stereocenters. The summed E-state index contributed by atoms with van der Waals surface area (Å²) in [5.74, 6) is 0.570. The van der Waals surface area contributed by atoms with Crippen molar-refractivity contribution in [2.75, 3.05) is 11.1 Å². The topological polar surface area (TPSA) is 72.4 Å². The molecule has 2 aromatic heterocycles. The van der Waals surface area contributed by atoms with Crippen molar-refractivity contribution in [3.05, 3.63) is 35.3 Å². The van der Waals surface area contributed by atoms with Crippen LogP contribution >= 0.6 is 11.3 Å². The van der Waals surface area contributed by atoms with E-state index in [1.54, 1.807) is 11.3 Å². The Balaban J connectivity index is 1.88. The number of carbonyl (C=O) groups is 1. The molecule has 0 saturated heterocycles. The van der Waals surface area contributed by atoms with E-state index in [4.69, 9.17) is 5.73 Å². The Morgan fingerprint density at radius 1 is 1.42 bits per heavy atom. The molecule has 0 spiro atoms. The van der Waals surface area contributed by atoms with E-state index in [1.807, 2.05) is 34.2 Å². The van der Waals surface area contributed by atoms with Crippen molar-refractivity contribution in [3.63, 3.8) is 0 Å². The van der Waals surface area contributed by atoms with Gasteiger partial charge in [-0.15, -0.1) is 11.3 Å². The van der Waals surface area contributed by atoms with Crippen LogP contribution in [0.2, 0.25) is 0 Å². The van der Waals surface area contributed by atoms with Crippen LogP contribution in [0.25, 0.3) is 16.2 Å². The first-order valence-corrected chi connectivity index (χ1v) is 6.74. The number of anilines is 2. The number of nitrogens with one attached hydrogen (secondary N) is 1. The molecular weight excluding hydrogens is 260 g/mol. The lowest BCUT2D eigenvalue weighted by Crippen LogP contribution is -2.03. The number of nitrogens with zero attached hydrogens (tertiary/aromatic N) is 2. The van der Waals surface area contributed by atoms with Crippen molar-refractivity contribution >= 4 is 33.7 Å². The maximum Gasteiger partial charge on any atom is 0.228 e. The Hall–Kier alpha value is -2.34. The fraction of sp³-hybridized carbons (Fsp3) is 0.0769. The molecule has 4 rings (SSSR count). The molecule has 1 aliphatic rings. The van der Waals surface area contributed by atoms with E-state index in [0.29, 0.717) is 12.2 Å². The summed E-state index contributed by atoms with van der Waals surface area (Å²) in [4.78, 5) is 16.5. The van der Waals surface area contributed by atoms with Gasteiger partial charge in [-0.2, -0.15) is 0 Å². The second kappa shape index (κ2) is 3.58. The van der Waals surface area contributed by atoms with Gasteiger partial charge < -0.3 is 11.1 Å². The molecule has 19 heavy (non-hydrogen) atoms. The number of carbonyl (C=O) groups excluding carboxylic acids is 1. The van der Waals surface area contributed by atoms with E-state index in [-0.39, 0.29) is 5.91 Å². The van der Waals surface area contributed by atoms with E-state index in [1.165, 1.54) is 0 Å². The first-order valence-electron chi connectivity index (χ1n) is 5.86. The summed E-state index contributed by atoms with van der Waals surface area (Å²) in [5, 5.41) is 4.88. The molecule has 0 fully saturated rings. The zero-order valence-electron chi connectivity index (χ0n) is 9.88. The number of hydrogen-bond donors (Lipinski definition) is 2. The van der Waals surface area contributed by atoms with Gasteiger partial charge >= 0.3 is 0 Å². The minimum atomic E-state index is 0.0505. The molecule has 0 bridgehead atoms. The van der Waals surface area contributed by atoms with Gasteiger partial charge in [0.1, 0.15) is 5.82 Å². The molecule has 3 heterocycles. The SMILES string of the molecule is Nc1cn2c(-c3ccc4c(c3)CC(=O)N4)csc2n1. The first-order chi connectivity index (χ1) is 9.20. The third-order valence-corrected chi connectivity index (χ3v) is 4.09. The zero-order chi connectivity index (χ0) is 13.0. The monoisotopic (exact) mass is 270 g/mol. The molecule has 0 atom stereocenters. The van der Waals surface area contributed by atoms with Crippen LogP contribution < -0.4 is 11.1 Å². The summed E-state index contributed by atoms with van der Waals surface area (Å²) in [6.07, 6.45) is 2.26. The summed E-state index contributed by atoms with van der Waals surface area (Å²) >= 11 is 1.55. The summed E-state index contributed by atoms with van der Waals surface area (Å²) in [6, 6.07) is 5.99. The quantitative estimate of drug-likeness (QED) is 0.711. The molecule has 0 saturated carbocycles. The van der Waals surface area contributed by atoms with E-state index in [0.717, 1.165) is 27.5 Å². The maximum atomic E-state index is 11.4. The van der Waals surface area contributed by atoms with Crippen molar-refractivity contribution in [3.8, 4) is 11.3 Å². The van der Waals surface area contributed by atoms with Crippen molar-refractivity contribution in [1.29, 1.82) is 0 Å². The molecule has 5 nitrogen and oxygen atoms in total. The van der Waals surface area contributed by atoms with Gasteiger partial charge in [0.05, 0.1) is 18.3 Å². The predicted octanol–water partition coefficient (Wildman–Crippen LogP) is 2.14. The van der Waals surface area contributed by atoms with E-state index in [9.17, 15) is 4.79 Å². The smallest absolute Gasteiger partial charge is 0.228 e. The second-order valence-corrected chi connectivity index (χ2v) is 5.37. The molecule has 0 aliphatic carbocycles. The van der Waals surface area contributed by atoms with Crippen molar-refractivity contribution in [2.24, 2.45) is 0 Å². The van der Waals surface area contributed by atoms with Gasteiger partial charge in [-0.3, -0.25) is 9.20 Å². The second-order valence-electron chi connectivity index (χ2n) is 4.54. The average Bonchev–Trinajstić information content (AvgIpc) is 3.00. The first kappa shape index (κ1) is 10.6. The fourth-order valence-corrected chi connectivity index (χ4v) is 3.29. The number of hydrogen-bond acceptors (Lipinski definition) is 4. The largest absolute Gasteiger partial charge is 0.382 e. The van der Waals surface area contributed by atoms with Crippen LogP contribution in [0.4, 0.5) is 11.5 Å². The molecule has 1 amide bonds. The molecule has 6 heteroatoms. The van der Waals surface area contributed by atoms with Gasteiger partial charge in [0.25, 0.3) is 0 Å². The number of amides is 1. The van der Waals surface area contributed by atoms with Gasteiger partial charge in [-0.05, 0) is 23.3 Å². The van der Waals surface area contributed by atoms with Gasteiger partial charge in [-0.1, -0.05) is 6.07 Å². The number of imidazole rings is 1. The lowest BCUT2D eigenvalue weighted by atomic mass is 10.1. The maximum absolute atomic E-state index is 11.4. The Labute approximate surface area is 112 Å². The number of nitrogens with two attached hydrogens (primary N) is 1. The Kier molecular flexibility index (Phi) is 1.99. The van der Waals surface area contributed by atoms with Crippen LogP contribution in [0.3, 0.4) is 0 Å². The standard InChI is InChI=1S/C13H10N4OS/c14-11-5-17-10(6-19-13(17)16-11)7-1-2-9-8(3-7)4-12(18)15-9/h1-3,5-6H,4,14H2,(H,15,18). The van der Waals surface area contributed by atoms with Crippen LogP contribution in [-0.2, 0) is 11.2 Å². The highest BCUT2D eigenvalue weighted by Crippen LogP contribution is 2.31. The predicted molar refractivity (Wildman–Crippen MR) is 75.3 cm³/mol. The highest BCUT2D eigenvalue weighted by molar-refractivity contribution is 7.15. The summed E-state index contributed by atoms with van der Waals surface area (Å²) in [5.41, 5.74) is 9.77. The normalized spacial score (nSPS) is 13.8. The molecule has 1 aromatic carbocycles. The average molecular weight is 270 g/mol. The van der Waals surface area contributed by atoms with Crippen LogP contribution in [0.15, 0.2) is 29.8 Å². The van der Waals surface area contributed by atoms with Crippen molar-refractivity contribution in [1.82, 2.24) is 9.38 Å². The molecule has 1 aliphatic heterocycles. The highest BCUT2D eigenvalue weighted by atomic mass is 32.1. The number of nitrogen functional groups attached to an aromatic ring is 1. The Morgan fingerprint density at radius 2 is 2.32 bits per heavy atom. The lowest BCUT2D eigenvalue weighted by Gasteiger charge is -2.03. The molecule has 94 valence electrons. The van der Waals surface area contributed by atoms with Crippen LogP contribution in [0.1, 0.15) is 5.56 Å². The highest BCUT2D eigenvalue weighted by Gasteiger charge is 2.18. The number of thiazole rings is 1. The fourth-order valence-electron chi connectivity index (χ4n) is 2.40. The third kappa shape index (κ3) is 1.53. The minimum Gasteiger partial charge on any atom is -0.382 e. The van der Waals surface area contributed by atoms with Crippen molar-refractivity contribution in [2.45, 2.75) is 6.42 Å². The summed E-state index contributed by atoms with van der Waals surface area (Å²) < 4.78 is 1.98. The molecule has 3 aromatic rings. The van der Waals surface area contributed by atoms with E-state index in [2.05, 4.69) is 10.3 Å². The van der Waals surface area contributed by atoms with Crippen molar-refractivity contribution < 1.29 is 4.79 Å². The van der Waals surface area contributed by atoms with Crippen LogP contribution in [0.5, 0.6) is 0 Å². The molecule has 3 N–H and O–H groups in total. The summed E-state index contributed by atoms with van der Waals surface area (Å²) in [7, 11) is 0. The molecule has 0 radical (unpaired) electrons. The minimum absolute atomic E-state index is 0.0505. The Morgan fingerprint density at radius 3 is 3.21 bits per heavy atom. The van der Waals surface area contributed by atoms with E-state index < -0.39 is 0 Å². The third-order valence-electron chi connectivity index (χ3n) is 3.25. The Bertz CT molecular complexity index is 817.